The van der Waals surface area contributed by atoms with Crippen LogP contribution in [0.4, 0.5) is 0 Å². The number of fused-ring (bicyclic) bond motifs is 1. The second kappa shape index (κ2) is 6.93. The number of pyridine rings is 1. The molecule has 4 saturated carbocycles. The average Bonchev–Trinajstić information content (AvgIpc) is 3.34. The molecule has 3 heterocycles. The molecule has 7 rings (SSSR count). The zero-order valence-electron chi connectivity index (χ0n) is 18.6. The average molecular weight is 434 g/mol. The Balaban J connectivity index is 1.37. The molecule has 31 heavy (non-hydrogen) atoms. The molecule has 0 aliphatic heterocycles. The van der Waals surface area contributed by atoms with Gasteiger partial charge in [-0.1, -0.05) is 0 Å². The van der Waals surface area contributed by atoms with Crippen molar-refractivity contribution in [2.45, 2.75) is 65.3 Å². The van der Waals surface area contributed by atoms with Crippen LogP contribution in [0.3, 0.4) is 0 Å². The molecule has 4 aliphatic rings. The van der Waals surface area contributed by atoms with Crippen LogP contribution in [0.1, 0.15) is 66.4 Å². The predicted molar refractivity (Wildman–Crippen MR) is 126 cm³/mol. The second-order valence-electron chi connectivity index (χ2n) is 10.6. The van der Waals surface area contributed by atoms with E-state index in [0.717, 1.165) is 44.2 Å². The molecule has 4 fully saturated rings. The molecule has 1 atom stereocenters. The molecule has 4 nitrogen and oxygen atoms in total. The van der Waals surface area contributed by atoms with Crippen molar-refractivity contribution < 1.29 is 4.79 Å². The summed E-state index contributed by atoms with van der Waals surface area (Å²) >= 11 is 1.53. The van der Waals surface area contributed by atoms with Gasteiger partial charge in [0.1, 0.15) is 9.71 Å². The maximum atomic E-state index is 13.7. The molecule has 0 saturated heterocycles. The molecule has 0 radical (unpaired) electrons. The maximum absolute atomic E-state index is 13.7. The number of hydrogen-bond acceptors (Lipinski definition) is 3. The van der Waals surface area contributed by atoms with Crippen LogP contribution in [0.25, 0.3) is 15.9 Å². The molecule has 162 valence electrons. The van der Waals surface area contributed by atoms with Gasteiger partial charge in [0.05, 0.1) is 5.69 Å². The lowest BCUT2D eigenvalue weighted by atomic mass is 9.48. The normalized spacial score (nSPS) is 30.1. The number of thiophene rings is 1. The summed E-state index contributed by atoms with van der Waals surface area (Å²) in [7, 11) is 0. The van der Waals surface area contributed by atoms with Gasteiger partial charge in [-0.15, -0.1) is 11.3 Å². The number of nitrogens with zero attached hydrogens (tertiary/aromatic N) is 2. The van der Waals surface area contributed by atoms with E-state index >= 15 is 0 Å². The predicted octanol–water partition coefficient (Wildman–Crippen LogP) is 6.04. The number of aromatic nitrogens is 2. The van der Waals surface area contributed by atoms with Crippen LogP contribution in [0.5, 0.6) is 0 Å². The Morgan fingerprint density at radius 1 is 1.13 bits per heavy atom. The first kappa shape index (κ1) is 19.5. The van der Waals surface area contributed by atoms with E-state index < -0.39 is 0 Å². The SMILES string of the molecule is Cc1cc(C)c2c(-n3cccc3)c(C(=O)NC(C)C34CC5CC(CC(C5)C3)C4)sc2n1. The highest BCUT2D eigenvalue weighted by Gasteiger charge is 2.53. The lowest BCUT2D eigenvalue weighted by Crippen LogP contribution is -2.55. The minimum absolute atomic E-state index is 0.0620. The molecule has 4 aliphatic carbocycles. The Labute approximate surface area is 188 Å². The summed E-state index contributed by atoms with van der Waals surface area (Å²) in [5.41, 5.74) is 3.46. The molecule has 3 aromatic heterocycles. The second-order valence-corrected chi connectivity index (χ2v) is 11.6. The van der Waals surface area contributed by atoms with E-state index in [2.05, 4.69) is 29.8 Å². The topological polar surface area (TPSA) is 46.9 Å². The molecule has 4 bridgehead atoms. The molecule has 5 heteroatoms. The van der Waals surface area contributed by atoms with Crippen molar-refractivity contribution in [3.63, 3.8) is 0 Å². The minimum Gasteiger partial charge on any atom is -0.348 e. The van der Waals surface area contributed by atoms with Crippen molar-refractivity contribution in [3.8, 4) is 5.69 Å². The molecule has 1 unspecified atom stereocenters. The van der Waals surface area contributed by atoms with Gasteiger partial charge in [-0.3, -0.25) is 4.79 Å². The number of rotatable bonds is 4. The standard InChI is InChI=1S/C26H31N3OS/c1-15-8-16(2)27-25-21(15)22(29-6-4-5-7-29)23(31-25)24(30)28-17(3)26-12-18-9-19(13-26)11-20(10-18)14-26/h4-8,17-20H,9-14H2,1-3H3,(H,28,30). The Bertz CT molecular complexity index is 1120. The summed E-state index contributed by atoms with van der Waals surface area (Å²) in [6.07, 6.45) is 12.3. The largest absolute Gasteiger partial charge is 0.348 e. The van der Waals surface area contributed by atoms with E-state index in [1.165, 1.54) is 55.4 Å². The molecule has 0 aromatic carbocycles. The van der Waals surface area contributed by atoms with Crippen molar-refractivity contribution in [2.75, 3.05) is 0 Å². The van der Waals surface area contributed by atoms with Crippen LogP contribution in [0, 0.1) is 37.0 Å². The fourth-order valence-electron chi connectivity index (χ4n) is 7.43. The summed E-state index contributed by atoms with van der Waals surface area (Å²) in [5, 5.41) is 4.58. The highest BCUT2D eigenvalue weighted by atomic mass is 32.1. The summed E-state index contributed by atoms with van der Waals surface area (Å²) in [4.78, 5) is 20.2. The number of carbonyl (C=O) groups is 1. The van der Waals surface area contributed by atoms with Gasteiger partial charge in [0.25, 0.3) is 5.91 Å². The highest BCUT2D eigenvalue weighted by molar-refractivity contribution is 7.21. The lowest BCUT2D eigenvalue weighted by Gasteiger charge is -2.59. The van der Waals surface area contributed by atoms with Gasteiger partial charge in [0, 0.05) is 29.5 Å². The Kier molecular flexibility index (Phi) is 4.37. The quantitative estimate of drug-likeness (QED) is 0.545. The van der Waals surface area contributed by atoms with E-state index in [0.29, 0.717) is 5.41 Å². The Morgan fingerprint density at radius 3 is 2.35 bits per heavy atom. The number of nitrogens with one attached hydrogen (secondary N) is 1. The summed E-state index contributed by atoms with van der Waals surface area (Å²) in [6, 6.07) is 6.36. The Morgan fingerprint density at radius 2 is 1.74 bits per heavy atom. The molecular weight excluding hydrogens is 402 g/mol. The van der Waals surface area contributed by atoms with Crippen LogP contribution in [-0.4, -0.2) is 21.5 Å². The fourth-order valence-corrected chi connectivity index (χ4v) is 8.63. The van der Waals surface area contributed by atoms with E-state index in [4.69, 9.17) is 4.98 Å². The highest BCUT2D eigenvalue weighted by Crippen LogP contribution is 2.61. The van der Waals surface area contributed by atoms with Gasteiger partial charge >= 0.3 is 0 Å². The summed E-state index contributed by atoms with van der Waals surface area (Å²) in [5.74, 6) is 2.73. The van der Waals surface area contributed by atoms with Crippen molar-refractivity contribution in [1.82, 2.24) is 14.9 Å². The van der Waals surface area contributed by atoms with E-state index in [-0.39, 0.29) is 11.9 Å². The maximum Gasteiger partial charge on any atom is 0.263 e. The lowest BCUT2D eigenvalue weighted by molar-refractivity contribution is -0.0687. The minimum atomic E-state index is 0.0620. The molecule has 0 spiro atoms. The smallest absolute Gasteiger partial charge is 0.263 e. The monoisotopic (exact) mass is 433 g/mol. The first-order valence-corrected chi connectivity index (χ1v) is 12.6. The first-order valence-electron chi connectivity index (χ1n) is 11.8. The van der Waals surface area contributed by atoms with Crippen LogP contribution in [0.15, 0.2) is 30.6 Å². The summed E-state index contributed by atoms with van der Waals surface area (Å²) < 4.78 is 2.08. The van der Waals surface area contributed by atoms with Gasteiger partial charge in [0.2, 0.25) is 0 Å². The number of hydrogen-bond donors (Lipinski definition) is 1. The van der Waals surface area contributed by atoms with E-state index in [1.54, 1.807) is 0 Å². The van der Waals surface area contributed by atoms with E-state index in [1.807, 2.05) is 31.5 Å². The molecule has 1 amide bonds. The third-order valence-electron chi connectivity index (χ3n) is 8.38. The van der Waals surface area contributed by atoms with Crippen LogP contribution in [-0.2, 0) is 0 Å². The molecule has 1 N–H and O–H groups in total. The van der Waals surface area contributed by atoms with Gasteiger partial charge in [-0.05, 0) is 106 Å². The van der Waals surface area contributed by atoms with Gasteiger partial charge in [-0.25, -0.2) is 4.98 Å². The third kappa shape index (κ3) is 3.07. The third-order valence-corrected chi connectivity index (χ3v) is 9.45. The van der Waals surface area contributed by atoms with Crippen molar-refractivity contribution >= 4 is 27.5 Å². The number of aryl methyl sites for hydroxylation is 2. The summed E-state index contributed by atoms with van der Waals surface area (Å²) in [6.45, 7) is 6.41. The van der Waals surface area contributed by atoms with Crippen LogP contribution >= 0.6 is 11.3 Å². The Hall–Kier alpha value is -2.14. The zero-order chi connectivity index (χ0) is 21.3. The number of carbonyl (C=O) groups excluding carboxylic acids is 1. The van der Waals surface area contributed by atoms with Crippen molar-refractivity contribution in [3.05, 3.63) is 46.7 Å². The van der Waals surface area contributed by atoms with Crippen LogP contribution < -0.4 is 5.32 Å². The van der Waals surface area contributed by atoms with Crippen molar-refractivity contribution in [2.24, 2.45) is 23.2 Å². The fraction of sp³-hybridized carbons (Fsp3) is 0.538. The van der Waals surface area contributed by atoms with Gasteiger partial charge < -0.3 is 9.88 Å². The number of amides is 1. The zero-order valence-corrected chi connectivity index (χ0v) is 19.5. The molecule has 3 aromatic rings. The molecular formula is C26H31N3OS. The van der Waals surface area contributed by atoms with Crippen LogP contribution in [0.2, 0.25) is 0 Å². The van der Waals surface area contributed by atoms with Crippen molar-refractivity contribution in [1.29, 1.82) is 0 Å². The van der Waals surface area contributed by atoms with Gasteiger partial charge in [0.15, 0.2) is 0 Å². The van der Waals surface area contributed by atoms with E-state index in [9.17, 15) is 4.79 Å². The first-order chi connectivity index (χ1) is 14.9. The van der Waals surface area contributed by atoms with Gasteiger partial charge in [-0.2, -0.15) is 0 Å².